The zero-order valence-electron chi connectivity index (χ0n) is 9.60. The van der Waals surface area contributed by atoms with Crippen LogP contribution in [0.15, 0.2) is 30.3 Å². The Morgan fingerprint density at radius 1 is 1.25 bits per heavy atom. The van der Waals surface area contributed by atoms with Gasteiger partial charge in [-0.15, -0.1) is 0 Å². The second kappa shape index (κ2) is 5.98. The molecule has 0 radical (unpaired) electrons. The van der Waals surface area contributed by atoms with Gasteiger partial charge in [-0.3, -0.25) is 0 Å². The molecule has 0 fully saturated rings. The Bertz CT molecular complexity index is 403. The molecule has 0 saturated heterocycles. The molecule has 2 N–H and O–H groups in total. The summed E-state index contributed by atoms with van der Waals surface area (Å²) in [6, 6.07) is 9.47. The van der Waals surface area contributed by atoms with E-state index in [1.54, 1.807) is 14.0 Å². The van der Waals surface area contributed by atoms with Crippen molar-refractivity contribution >= 4 is 10.0 Å². The Morgan fingerprint density at radius 2 is 1.88 bits per heavy atom. The quantitative estimate of drug-likeness (QED) is 0.772. The van der Waals surface area contributed by atoms with Crippen molar-refractivity contribution < 1.29 is 8.42 Å². The van der Waals surface area contributed by atoms with Crippen LogP contribution in [0.25, 0.3) is 0 Å². The monoisotopic (exact) mass is 242 g/mol. The predicted molar refractivity (Wildman–Crippen MR) is 65.6 cm³/mol. The topological polar surface area (TPSA) is 58.2 Å². The molecule has 1 unspecified atom stereocenters. The van der Waals surface area contributed by atoms with E-state index in [9.17, 15) is 8.42 Å². The van der Waals surface area contributed by atoms with Crippen molar-refractivity contribution in [3.8, 4) is 0 Å². The molecular formula is C11H18N2O2S. The van der Waals surface area contributed by atoms with E-state index >= 15 is 0 Å². The highest BCUT2D eigenvalue weighted by atomic mass is 32.2. The van der Waals surface area contributed by atoms with Crippen LogP contribution in [0, 0.1) is 0 Å². The maximum Gasteiger partial charge on any atom is 0.215 e. The van der Waals surface area contributed by atoms with Crippen molar-refractivity contribution in [2.75, 3.05) is 13.6 Å². The van der Waals surface area contributed by atoms with E-state index in [0.717, 1.165) is 5.56 Å². The fraction of sp³-hybridized carbons (Fsp3) is 0.455. The number of hydrogen-bond donors (Lipinski definition) is 2. The van der Waals surface area contributed by atoms with Crippen LogP contribution in [0.3, 0.4) is 0 Å². The lowest BCUT2D eigenvalue weighted by atomic mass is 10.2. The fourth-order valence-corrected chi connectivity index (χ4v) is 2.36. The Balaban J connectivity index is 2.55. The van der Waals surface area contributed by atoms with Crippen LogP contribution >= 0.6 is 0 Å². The molecule has 1 aromatic rings. The summed E-state index contributed by atoms with van der Waals surface area (Å²) >= 11 is 0. The van der Waals surface area contributed by atoms with Gasteiger partial charge in [0.1, 0.15) is 0 Å². The van der Waals surface area contributed by atoms with Crippen LogP contribution in [0.4, 0.5) is 0 Å². The highest BCUT2D eigenvalue weighted by Crippen LogP contribution is 2.01. The lowest BCUT2D eigenvalue weighted by Crippen LogP contribution is -2.37. The minimum Gasteiger partial charge on any atom is -0.318 e. The summed E-state index contributed by atoms with van der Waals surface area (Å²) in [7, 11) is -1.49. The molecule has 0 aliphatic carbocycles. The van der Waals surface area contributed by atoms with Gasteiger partial charge in [-0.25, -0.2) is 13.1 Å². The maximum absolute atomic E-state index is 11.7. The molecule has 0 spiro atoms. The number of nitrogens with one attached hydrogen (secondary N) is 2. The third-order valence-corrected chi connectivity index (χ3v) is 4.11. The molecule has 5 heteroatoms. The molecule has 0 aromatic heterocycles. The molecule has 0 aliphatic heterocycles. The van der Waals surface area contributed by atoms with Crippen molar-refractivity contribution in [2.24, 2.45) is 0 Å². The van der Waals surface area contributed by atoms with E-state index in [2.05, 4.69) is 10.0 Å². The van der Waals surface area contributed by atoms with Crippen LogP contribution in [0.5, 0.6) is 0 Å². The number of hydrogen-bond acceptors (Lipinski definition) is 3. The SMILES string of the molecule is CNCC(C)S(=O)(=O)NCc1ccccc1. The summed E-state index contributed by atoms with van der Waals surface area (Å²) in [6.07, 6.45) is 0. The standard InChI is InChI=1S/C11H18N2O2S/c1-10(8-12-2)16(14,15)13-9-11-6-4-3-5-7-11/h3-7,10,12-13H,8-9H2,1-2H3. The Kier molecular flexibility index (Phi) is 4.92. The first-order valence-electron chi connectivity index (χ1n) is 5.23. The minimum atomic E-state index is -3.23. The van der Waals surface area contributed by atoms with E-state index in [4.69, 9.17) is 0 Å². The van der Waals surface area contributed by atoms with E-state index < -0.39 is 15.3 Å². The zero-order chi connectivity index (χ0) is 12.0. The summed E-state index contributed by atoms with van der Waals surface area (Å²) in [5.74, 6) is 0. The second-order valence-electron chi connectivity index (χ2n) is 3.72. The minimum absolute atomic E-state index is 0.344. The Morgan fingerprint density at radius 3 is 2.44 bits per heavy atom. The Hall–Kier alpha value is -0.910. The summed E-state index contributed by atoms with van der Waals surface area (Å²) in [4.78, 5) is 0. The zero-order valence-corrected chi connectivity index (χ0v) is 10.4. The molecule has 0 bridgehead atoms. The van der Waals surface area contributed by atoms with Gasteiger partial charge in [0.25, 0.3) is 0 Å². The summed E-state index contributed by atoms with van der Waals surface area (Å²) in [6.45, 7) is 2.48. The molecule has 1 atom stereocenters. The van der Waals surface area contributed by atoms with Crippen molar-refractivity contribution in [1.82, 2.24) is 10.0 Å². The smallest absolute Gasteiger partial charge is 0.215 e. The van der Waals surface area contributed by atoms with Gasteiger partial charge >= 0.3 is 0 Å². The van der Waals surface area contributed by atoms with Crippen LogP contribution in [0.2, 0.25) is 0 Å². The third kappa shape index (κ3) is 3.92. The van der Waals surface area contributed by atoms with Gasteiger partial charge in [-0.05, 0) is 19.5 Å². The molecule has 0 saturated carbocycles. The van der Waals surface area contributed by atoms with Gasteiger partial charge in [0.05, 0.1) is 5.25 Å². The van der Waals surface area contributed by atoms with Crippen LogP contribution in [-0.4, -0.2) is 27.3 Å². The van der Waals surface area contributed by atoms with Gasteiger partial charge < -0.3 is 5.32 Å². The largest absolute Gasteiger partial charge is 0.318 e. The normalized spacial score (nSPS) is 13.6. The van der Waals surface area contributed by atoms with Crippen molar-refractivity contribution in [3.63, 3.8) is 0 Å². The molecule has 90 valence electrons. The number of benzene rings is 1. The van der Waals surface area contributed by atoms with Crippen LogP contribution in [0.1, 0.15) is 12.5 Å². The first kappa shape index (κ1) is 13.2. The molecule has 0 amide bonds. The molecule has 1 aromatic carbocycles. The van der Waals surface area contributed by atoms with Crippen molar-refractivity contribution in [1.29, 1.82) is 0 Å². The fourth-order valence-electron chi connectivity index (χ4n) is 1.32. The average Bonchev–Trinajstić information content (AvgIpc) is 2.28. The van der Waals surface area contributed by atoms with E-state index in [1.165, 1.54) is 0 Å². The number of sulfonamides is 1. The molecule has 0 aliphatic rings. The van der Waals surface area contributed by atoms with Crippen molar-refractivity contribution in [3.05, 3.63) is 35.9 Å². The van der Waals surface area contributed by atoms with E-state index in [1.807, 2.05) is 30.3 Å². The van der Waals surface area contributed by atoms with E-state index in [-0.39, 0.29) is 0 Å². The Labute approximate surface area is 97.1 Å². The average molecular weight is 242 g/mol. The summed E-state index contributed by atoms with van der Waals surface area (Å²) in [5.41, 5.74) is 0.961. The van der Waals surface area contributed by atoms with Crippen LogP contribution < -0.4 is 10.0 Å². The van der Waals surface area contributed by atoms with Gasteiger partial charge in [0, 0.05) is 13.1 Å². The van der Waals surface area contributed by atoms with Crippen molar-refractivity contribution in [2.45, 2.75) is 18.7 Å². The van der Waals surface area contributed by atoms with Gasteiger partial charge in [0.15, 0.2) is 0 Å². The number of rotatable bonds is 6. The van der Waals surface area contributed by atoms with Gasteiger partial charge in [-0.2, -0.15) is 0 Å². The van der Waals surface area contributed by atoms with E-state index in [0.29, 0.717) is 13.1 Å². The second-order valence-corrected chi connectivity index (χ2v) is 5.90. The highest BCUT2D eigenvalue weighted by Gasteiger charge is 2.18. The predicted octanol–water partition coefficient (Wildman–Crippen LogP) is 0.714. The summed E-state index contributed by atoms with van der Waals surface area (Å²) < 4.78 is 26.1. The molecule has 16 heavy (non-hydrogen) atoms. The first-order valence-corrected chi connectivity index (χ1v) is 6.78. The van der Waals surface area contributed by atoms with Gasteiger partial charge in [0.2, 0.25) is 10.0 Å². The summed E-state index contributed by atoms with van der Waals surface area (Å²) in [5, 5.41) is 2.42. The third-order valence-electron chi connectivity index (χ3n) is 2.34. The first-order chi connectivity index (χ1) is 7.56. The molecule has 4 nitrogen and oxygen atoms in total. The lowest BCUT2D eigenvalue weighted by molar-refractivity contribution is 0.563. The van der Waals surface area contributed by atoms with Crippen LogP contribution in [-0.2, 0) is 16.6 Å². The molecular weight excluding hydrogens is 224 g/mol. The molecule has 1 rings (SSSR count). The highest BCUT2D eigenvalue weighted by molar-refractivity contribution is 7.90. The lowest BCUT2D eigenvalue weighted by Gasteiger charge is -2.13. The maximum atomic E-state index is 11.7. The molecule has 0 heterocycles. The van der Waals surface area contributed by atoms with Gasteiger partial charge in [-0.1, -0.05) is 30.3 Å².